The number of aromatic nitrogens is 2. The number of hydrogen-bond acceptors (Lipinski definition) is 4. The van der Waals surface area contributed by atoms with Crippen molar-refractivity contribution in [2.45, 2.75) is 58.8 Å². The molecule has 0 radical (unpaired) electrons. The first kappa shape index (κ1) is 21.1. The van der Waals surface area contributed by atoms with Gasteiger partial charge in [0.05, 0.1) is 17.7 Å². The summed E-state index contributed by atoms with van der Waals surface area (Å²) in [5, 5.41) is 0. The van der Waals surface area contributed by atoms with Crippen LogP contribution in [0.4, 0.5) is 0 Å². The van der Waals surface area contributed by atoms with Crippen LogP contribution in [0.5, 0.6) is 0 Å². The predicted molar refractivity (Wildman–Crippen MR) is 119 cm³/mol. The molecule has 6 heteroatoms. The fraction of sp³-hybridized carbons (Fsp3) is 0.583. The van der Waals surface area contributed by atoms with Crippen molar-refractivity contribution in [3.8, 4) is 0 Å². The van der Waals surface area contributed by atoms with E-state index < -0.39 is 0 Å². The summed E-state index contributed by atoms with van der Waals surface area (Å²) in [6.07, 6.45) is 2.82. The summed E-state index contributed by atoms with van der Waals surface area (Å²) in [7, 11) is 0. The second kappa shape index (κ2) is 8.90. The maximum atomic E-state index is 13.9. The van der Waals surface area contributed by atoms with Crippen LogP contribution in [-0.4, -0.2) is 68.9 Å². The second-order valence-electron chi connectivity index (χ2n) is 9.14. The van der Waals surface area contributed by atoms with Gasteiger partial charge in [0.1, 0.15) is 6.04 Å². The fourth-order valence-electron chi connectivity index (χ4n) is 4.76. The Labute approximate surface area is 180 Å². The zero-order chi connectivity index (χ0) is 21.3. The lowest BCUT2D eigenvalue weighted by Crippen LogP contribution is -2.54. The Balaban J connectivity index is 1.63. The summed E-state index contributed by atoms with van der Waals surface area (Å²) >= 11 is 0. The Hall–Kier alpha value is -2.18. The van der Waals surface area contributed by atoms with Crippen LogP contribution in [0.1, 0.15) is 56.7 Å². The number of carbonyl (C=O) groups excluding carboxylic acids is 1. The first-order chi connectivity index (χ1) is 14.5. The molecule has 0 unspecified atom stereocenters. The fourth-order valence-corrected chi connectivity index (χ4v) is 4.76. The summed E-state index contributed by atoms with van der Waals surface area (Å²) < 4.78 is 2.21. The summed E-state index contributed by atoms with van der Waals surface area (Å²) in [5.41, 5.74) is 3.44. The van der Waals surface area contributed by atoms with Crippen LogP contribution in [0.2, 0.25) is 0 Å². The lowest BCUT2D eigenvalue weighted by atomic mass is 9.99. The van der Waals surface area contributed by atoms with E-state index in [2.05, 4.69) is 76.2 Å². The summed E-state index contributed by atoms with van der Waals surface area (Å²) in [4.78, 5) is 25.5. The van der Waals surface area contributed by atoms with Crippen molar-refractivity contribution in [3.05, 3.63) is 53.6 Å². The molecule has 6 nitrogen and oxygen atoms in total. The van der Waals surface area contributed by atoms with Gasteiger partial charge in [-0.1, -0.05) is 30.3 Å². The van der Waals surface area contributed by atoms with Gasteiger partial charge in [-0.15, -0.1) is 0 Å². The van der Waals surface area contributed by atoms with Crippen LogP contribution in [0.3, 0.4) is 0 Å². The highest BCUT2D eigenvalue weighted by molar-refractivity contribution is 5.83. The zero-order valence-electron chi connectivity index (χ0n) is 18.8. The molecule has 0 spiro atoms. The van der Waals surface area contributed by atoms with Gasteiger partial charge in [0, 0.05) is 57.8 Å². The molecular weight excluding hydrogens is 374 g/mol. The minimum absolute atomic E-state index is 0.234. The van der Waals surface area contributed by atoms with Gasteiger partial charge >= 0.3 is 0 Å². The van der Waals surface area contributed by atoms with E-state index in [1.807, 2.05) is 12.4 Å². The van der Waals surface area contributed by atoms with Crippen LogP contribution in [0, 0.1) is 0 Å². The zero-order valence-corrected chi connectivity index (χ0v) is 18.8. The third-order valence-corrected chi connectivity index (χ3v) is 6.55. The van der Waals surface area contributed by atoms with Crippen molar-refractivity contribution >= 4 is 5.91 Å². The van der Waals surface area contributed by atoms with Crippen molar-refractivity contribution < 1.29 is 4.79 Å². The molecule has 162 valence electrons. The number of nitrogens with zero attached hydrogens (tertiary/aromatic N) is 5. The van der Waals surface area contributed by atoms with Crippen LogP contribution in [0.15, 0.2) is 36.7 Å². The third-order valence-electron chi connectivity index (χ3n) is 6.55. The number of amides is 1. The van der Waals surface area contributed by atoms with Gasteiger partial charge in [0.25, 0.3) is 0 Å². The van der Waals surface area contributed by atoms with Gasteiger partial charge in [-0.2, -0.15) is 0 Å². The maximum Gasteiger partial charge on any atom is 0.246 e. The van der Waals surface area contributed by atoms with Gasteiger partial charge in [0.2, 0.25) is 5.91 Å². The molecular formula is C24H35N5O. The van der Waals surface area contributed by atoms with Crippen molar-refractivity contribution in [1.29, 1.82) is 0 Å². The van der Waals surface area contributed by atoms with E-state index in [0.717, 1.165) is 57.1 Å². The first-order valence-corrected chi connectivity index (χ1v) is 11.3. The Bertz CT molecular complexity index is 852. The number of fused-ring (bicyclic) bond motifs is 1. The number of rotatable bonds is 5. The molecule has 2 aliphatic heterocycles. The minimum Gasteiger partial charge on any atom is -0.338 e. The Morgan fingerprint density at radius 3 is 2.33 bits per heavy atom. The number of imidazole rings is 1. The highest BCUT2D eigenvalue weighted by atomic mass is 16.2. The number of carbonyl (C=O) groups is 1. The van der Waals surface area contributed by atoms with Gasteiger partial charge in [-0.25, -0.2) is 4.98 Å². The summed E-state index contributed by atoms with van der Waals surface area (Å²) in [6, 6.07) is 11.0. The van der Waals surface area contributed by atoms with Gasteiger partial charge < -0.3 is 9.47 Å². The SMILES string of the molecule is CC(C)N1CCN(C(=O)[C@@H]2c3c(ncn3C(C)C)CCN2Cc2ccccc2)CC1. The molecule has 0 saturated carbocycles. The van der Waals surface area contributed by atoms with Gasteiger partial charge in [-0.05, 0) is 33.3 Å². The molecule has 1 atom stereocenters. The molecule has 30 heavy (non-hydrogen) atoms. The van der Waals surface area contributed by atoms with E-state index in [1.54, 1.807) is 0 Å². The van der Waals surface area contributed by atoms with Crippen LogP contribution in [0.25, 0.3) is 0 Å². The van der Waals surface area contributed by atoms with Crippen molar-refractivity contribution in [2.75, 3.05) is 32.7 Å². The van der Waals surface area contributed by atoms with Crippen LogP contribution in [-0.2, 0) is 17.8 Å². The molecule has 1 fully saturated rings. The van der Waals surface area contributed by atoms with Crippen molar-refractivity contribution in [2.24, 2.45) is 0 Å². The highest BCUT2D eigenvalue weighted by Gasteiger charge is 2.39. The molecule has 1 aromatic heterocycles. The minimum atomic E-state index is -0.260. The van der Waals surface area contributed by atoms with Crippen molar-refractivity contribution in [1.82, 2.24) is 24.3 Å². The van der Waals surface area contributed by atoms with E-state index in [4.69, 9.17) is 0 Å². The third kappa shape index (κ3) is 4.16. The van der Waals surface area contributed by atoms with Crippen molar-refractivity contribution in [3.63, 3.8) is 0 Å². The Morgan fingerprint density at radius 2 is 1.70 bits per heavy atom. The quantitative estimate of drug-likeness (QED) is 0.761. The normalized spacial score (nSPS) is 20.7. The first-order valence-electron chi connectivity index (χ1n) is 11.3. The molecule has 0 bridgehead atoms. The topological polar surface area (TPSA) is 44.6 Å². The number of piperazine rings is 1. The number of hydrogen-bond donors (Lipinski definition) is 0. The average Bonchev–Trinajstić information content (AvgIpc) is 3.18. The molecule has 4 rings (SSSR count). The molecule has 1 amide bonds. The van der Waals surface area contributed by atoms with Crippen LogP contribution < -0.4 is 0 Å². The monoisotopic (exact) mass is 409 g/mol. The Kier molecular flexibility index (Phi) is 6.25. The molecule has 2 aliphatic rings. The molecule has 0 N–H and O–H groups in total. The number of benzene rings is 1. The van der Waals surface area contributed by atoms with Crippen LogP contribution >= 0.6 is 0 Å². The summed E-state index contributed by atoms with van der Waals surface area (Å²) in [6.45, 7) is 13.9. The van der Waals surface area contributed by atoms with E-state index >= 15 is 0 Å². The van der Waals surface area contributed by atoms with E-state index in [-0.39, 0.29) is 18.0 Å². The molecule has 1 aromatic carbocycles. The molecule has 0 aliphatic carbocycles. The molecule has 2 aromatic rings. The highest BCUT2D eigenvalue weighted by Crippen LogP contribution is 2.34. The standard InChI is InChI=1S/C24H35N5O/c1-18(2)26-12-14-27(15-13-26)24(30)23-22-21(25-17-29(22)19(3)4)10-11-28(23)16-20-8-6-5-7-9-20/h5-9,17-19,23H,10-16H2,1-4H3/t23-/m0/s1. The lowest BCUT2D eigenvalue weighted by molar-refractivity contribution is -0.140. The van der Waals surface area contributed by atoms with E-state index in [9.17, 15) is 4.79 Å². The van der Waals surface area contributed by atoms with E-state index in [1.165, 1.54) is 5.56 Å². The lowest BCUT2D eigenvalue weighted by Gasteiger charge is -2.42. The smallest absolute Gasteiger partial charge is 0.246 e. The predicted octanol–water partition coefficient (Wildman–Crippen LogP) is 3.12. The average molecular weight is 410 g/mol. The van der Waals surface area contributed by atoms with Gasteiger partial charge in [0.15, 0.2) is 0 Å². The van der Waals surface area contributed by atoms with Gasteiger partial charge in [-0.3, -0.25) is 14.6 Å². The maximum absolute atomic E-state index is 13.9. The largest absolute Gasteiger partial charge is 0.338 e. The van der Waals surface area contributed by atoms with E-state index in [0.29, 0.717) is 6.04 Å². The Morgan fingerprint density at radius 1 is 1.00 bits per heavy atom. The molecule has 1 saturated heterocycles. The second-order valence-corrected chi connectivity index (χ2v) is 9.14. The summed E-state index contributed by atoms with van der Waals surface area (Å²) in [5.74, 6) is 0.234. The molecule has 3 heterocycles.